The lowest BCUT2D eigenvalue weighted by Crippen LogP contribution is -2.34. The highest BCUT2D eigenvalue weighted by atomic mass is 19.5. The Morgan fingerprint density at radius 3 is 1.42 bits per heavy atom. The lowest BCUT2D eigenvalue weighted by molar-refractivity contribution is -0.537. The van der Waals surface area contributed by atoms with Crippen LogP contribution in [0.1, 0.15) is 29.5 Å². The van der Waals surface area contributed by atoms with Gasteiger partial charge in [0.1, 0.15) is 11.6 Å². The van der Waals surface area contributed by atoms with Gasteiger partial charge in [-0.25, -0.2) is 26.3 Å². The molecule has 14 heteroatoms. The standard InChI is InChI=1S/C36H32F6N3.BF4/c1-21-13-22(2)33(23(3)14-21)34-25-15-27(37)31(43-11-9-35(39,40)19-43)17-29(25)45(24-7-5-4-6-8-24)30-18-32(28(38)16-26(30)34)44-12-10-36(41,42)20-44;2-1(3,4)5/h4-8,13-18H,9-12,19-20H2,1-3H3;/q+1;-1. The van der Waals surface area contributed by atoms with Gasteiger partial charge in [-0.1, -0.05) is 35.9 Å². The SMILES string of the molecule is Cc1cc(C)c(-c2c3cc(F)c(N4CCC(F)(F)C4)cc3[n+](-c3ccccc3)c3cc(N4CCC(F)(F)C4)c(F)cc23)c(C)c1.F[B-](F)(F)F. The van der Waals surface area contributed by atoms with E-state index in [9.17, 15) is 34.8 Å². The Morgan fingerprint density at radius 2 is 1.04 bits per heavy atom. The van der Waals surface area contributed by atoms with Crippen molar-refractivity contribution >= 4 is 40.4 Å². The van der Waals surface area contributed by atoms with Crippen molar-refractivity contribution in [3.63, 3.8) is 0 Å². The van der Waals surface area contributed by atoms with Gasteiger partial charge in [-0.2, -0.15) is 4.57 Å². The van der Waals surface area contributed by atoms with Crippen LogP contribution in [0.3, 0.4) is 0 Å². The highest BCUT2D eigenvalue weighted by Crippen LogP contribution is 2.43. The molecule has 4 aromatic carbocycles. The Kier molecular flexibility index (Phi) is 8.97. The van der Waals surface area contributed by atoms with Crippen molar-refractivity contribution in [2.24, 2.45) is 0 Å². The average molecular weight is 707 g/mol. The van der Waals surface area contributed by atoms with Gasteiger partial charge in [0.15, 0.2) is 0 Å². The van der Waals surface area contributed by atoms with Gasteiger partial charge in [0.05, 0.1) is 35.2 Å². The number of pyridine rings is 1. The van der Waals surface area contributed by atoms with Crippen LogP contribution in [0.2, 0.25) is 0 Å². The maximum atomic E-state index is 16.1. The van der Waals surface area contributed by atoms with Crippen LogP contribution < -0.4 is 14.4 Å². The second kappa shape index (κ2) is 12.7. The average Bonchev–Trinajstić information content (AvgIpc) is 3.55. The van der Waals surface area contributed by atoms with Gasteiger partial charge < -0.3 is 27.1 Å². The molecule has 2 aliphatic heterocycles. The van der Waals surface area contributed by atoms with Crippen molar-refractivity contribution in [3.8, 4) is 16.8 Å². The molecule has 2 fully saturated rings. The molecule has 7 rings (SSSR count). The Hall–Kier alpha value is -4.49. The molecule has 0 radical (unpaired) electrons. The summed E-state index contributed by atoms with van der Waals surface area (Å²) in [6, 6.07) is 19.1. The number of hydrogen-bond acceptors (Lipinski definition) is 2. The Labute approximate surface area is 281 Å². The summed E-state index contributed by atoms with van der Waals surface area (Å²) in [5.41, 5.74) is 6.06. The molecule has 0 amide bonds. The monoisotopic (exact) mass is 707 g/mol. The number of halogens is 10. The predicted molar refractivity (Wildman–Crippen MR) is 176 cm³/mol. The zero-order valence-electron chi connectivity index (χ0n) is 27.3. The van der Waals surface area contributed by atoms with E-state index in [1.165, 1.54) is 21.9 Å². The van der Waals surface area contributed by atoms with E-state index in [-0.39, 0.29) is 37.3 Å². The lowest BCUT2D eigenvalue weighted by Gasteiger charge is -2.23. The molecule has 0 atom stereocenters. The first-order valence-electron chi connectivity index (χ1n) is 15.9. The molecule has 50 heavy (non-hydrogen) atoms. The molecule has 2 aliphatic rings. The van der Waals surface area contributed by atoms with E-state index in [2.05, 4.69) is 0 Å². The molecule has 0 saturated carbocycles. The van der Waals surface area contributed by atoms with Crippen LogP contribution in [0.5, 0.6) is 0 Å². The van der Waals surface area contributed by atoms with Crippen LogP contribution >= 0.6 is 0 Å². The number of nitrogens with zero attached hydrogens (tertiary/aromatic N) is 3. The second-order valence-corrected chi connectivity index (χ2v) is 13.0. The molecule has 264 valence electrons. The van der Waals surface area contributed by atoms with Crippen molar-refractivity contribution in [1.29, 1.82) is 0 Å². The molecule has 0 aliphatic carbocycles. The molecule has 0 N–H and O–H groups in total. The van der Waals surface area contributed by atoms with Crippen molar-refractivity contribution in [3.05, 3.63) is 95.1 Å². The van der Waals surface area contributed by atoms with Gasteiger partial charge in [0.2, 0.25) is 16.7 Å². The number of fused-ring (bicyclic) bond motifs is 2. The van der Waals surface area contributed by atoms with Gasteiger partial charge >= 0.3 is 7.25 Å². The molecular weight excluding hydrogens is 675 g/mol. The highest BCUT2D eigenvalue weighted by molar-refractivity contribution is 6.50. The molecule has 0 spiro atoms. The fourth-order valence-electron chi connectivity index (χ4n) is 7.21. The minimum absolute atomic E-state index is 0.00406. The predicted octanol–water partition coefficient (Wildman–Crippen LogP) is 10.1. The number of rotatable bonds is 4. The number of hydrogen-bond donors (Lipinski definition) is 0. The molecule has 0 unspecified atom stereocenters. The quantitative estimate of drug-likeness (QED) is 0.0797. The number of aromatic nitrogens is 1. The van der Waals surface area contributed by atoms with Gasteiger partial charge in [-0.15, -0.1) is 0 Å². The van der Waals surface area contributed by atoms with E-state index in [4.69, 9.17) is 0 Å². The van der Waals surface area contributed by atoms with Crippen LogP contribution in [0, 0.1) is 32.4 Å². The second-order valence-electron chi connectivity index (χ2n) is 13.0. The zero-order chi connectivity index (χ0) is 36.3. The third-order valence-corrected chi connectivity index (χ3v) is 9.11. The van der Waals surface area contributed by atoms with Crippen LogP contribution in [0.25, 0.3) is 38.6 Å². The summed E-state index contributed by atoms with van der Waals surface area (Å²) in [6.45, 7) is 4.65. The van der Waals surface area contributed by atoms with Crippen molar-refractivity contribution in [1.82, 2.24) is 0 Å². The lowest BCUT2D eigenvalue weighted by atomic mass is 9.88. The molecular formula is C36H32BF10N3. The van der Waals surface area contributed by atoms with Gasteiger partial charge in [0.25, 0.3) is 11.8 Å². The summed E-state index contributed by atoms with van der Waals surface area (Å²) in [7, 11) is -6.00. The number of para-hydroxylation sites is 1. The number of anilines is 2. The van der Waals surface area contributed by atoms with E-state index in [1.807, 2.05) is 67.8 Å². The summed E-state index contributed by atoms with van der Waals surface area (Å²) in [5, 5.41) is 0.960. The van der Waals surface area contributed by atoms with E-state index < -0.39 is 43.8 Å². The summed E-state index contributed by atoms with van der Waals surface area (Å²) >= 11 is 0. The van der Waals surface area contributed by atoms with Gasteiger partial charge in [-0.05, 0) is 49.6 Å². The van der Waals surface area contributed by atoms with E-state index in [0.717, 1.165) is 22.3 Å². The number of aryl methyl sites for hydroxylation is 3. The van der Waals surface area contributed by atoms with Gasteiger partial charge in [-0.3, -0.25) is 0 Å². The molecule has 0 bridgehead atoms. The fraction of sp³-hybridized carbons (Fsp3) is 0.306. The largest absolute Gasteiger partial charge is 0.673 e. The highest BCUT2D eigenvalue weighted by Gasteiger charge is 2.41. The molecule has 3 heterocycles. The Morgan fingerprint density at radius 1 is 0.620 bits per heavy atom. The third-order valence-electron chi connectivity index (χ3n) is 9.11. The number of benzene rings is 4. The van der Waals surface area contributed by atoms with E-state index >= 15 is 8.78 Å². The Bertz CT molecular complexity index is 1980. The van der Waals surface area contributed by atoms with E-state index in [1.54, 1.807) is 12.1 Å². The van der Waals surface area contributed by atoms with Crippen molar-refractivity contribution in [2.45, 2.75) is 45.5 Å². The van der Waals surface area contributed by atoms with Crippen LogP contribution in [-0.4, -0.2) is 45.3 Å². The fourth-order valence-corrected chi connectivity index (χ4v) is 7.21. The first-order valence-corrected chi connectivity index (χ1v) is 15.9. The molecule has 3 nitrogen and oxygen atoms in total. The van der Waals surface area contributed by atoms with Crippen LogP contribution in [-0.2, 0) is 0 Å². The maximum Gasteiger partial charge on any atom is 0.673 e. The third kappa shape index (κ3) is 7.06. The maximum absolute atomic E-state index is 16.1. The van der Waals surface area contributed by atoms with Crippen molar-refractivity contribution < 1.29 is 48.2 Å². The van der Waals surface area contributed by atoms with Crippen LogP contribution in [0.15, 0.2) is 66.7 Å². The summed E-state index contributed by atoms with van der Waals surface area (Å²) < 4.78 is 130. The first-order chi connectivity index (χ1) is 23.3. The topological polar surface area (TPSA) is 10.4 Å². The van der Waals surface area contributed by atoms with Gasteiger partial charge in [0, 0.05) is 55.8 Å². The van der Waals surface area contributed by atoms with Crippen molar-refractivity contribution in [2.75, 3.05) is 36.0 Å². The van der Waals surface area contributed by atoms with Crippen LogP contribution in [0.4, 0.5) is 55.0 Å². The molecule has 1 aromatic heterocycles. The zero-order valence-corrected chi connectivity index (χ0v) is 27.3. The summed E-state index contributed by atoms with van der Waals surface area (Å²) in [6.07, 6.45) is -0.756. The van der Waals surface area contributed by atoms with E-state index in [0.29, 0.717) is 33.1 Å². The minimum atomic E-state index is -6.00. The summed E-state index contributed by atoms with van der Waals surface area (Å²) in [5.74, 6) is -7.18. The molecule has 5 aromatic rings. The minimum Gasteiger partial charge on any atom is -0.418 e. The normalized spacial score (nSPS) is 17.1. The Balaban J connectivity index is 0.000000808. The molecule has 2 saturated heterocycles. The summed E-state index contributed by atoms with van der Waals surface area (Å²) in [4.78, 5) is 2.72. The number of alkyl halides is 4. The smallest absolute Gasteiger partial charge is 0.418 e. The first kappa shape index (κ1) is 35.3.